The van der Waals surface area contributed by atoms with Gasteiger partial charge >= 0.3 is 6.18 Å². The van der Waals surface area contributed by atoms with Crippen molar-refractivity contribution < 1.29 is 22.4 Å². The number of aliphatic imine (C=N–C) groups is 1. The minimum absolute atomic E-state index is 0.0152. The summed E-state index contributed by atoms with van der Waals surface area (Å²) in [6, 6.07) is 8.96. The molecule has 1 aromatic carbocycles. The van der Waals surface area contributed by atoms with E-state index in [1.165, 1.54) is 11.5 Å². The van der Waals surface area contributed by atoms with Crippen LogP contribution in [0.25, 0.3) is 0 Å². The highest BCUT2D eigenvalue weighted by molar-refractivity contribution is 6.10. The molecule has 39 heavy (non-hydrogen) atoms. The SMILES string of the molecule is CC(=CC(F)=C(C)C(=O)C(F)(F)F)CN=C(Nc1ccccc1)c1c(N)nc(NC2CCCC2C)n(C)c1=O. The summed E-state index contributed by atoms with van der Waals surface area (Å²) in [4.78, 5) is 33.6. The lowest BCUT2D eigenvalue weighted by atomic mass is 10.1. The molecule has 2 aromatic rings. The number of nitrogens with zero attached hydrogens (tertiary/aromatic N) is 3. The van der Waals surface area contributed by atoms with Gasteiger partial charge in [0.05, 0.1) is 6.54 Å². The van der Waals surface area contributed by atoms with E-state index in [0.29, 0.717) is 17.6 Å². The van der Waals surface area contributed by atoms with Gasteiger partial charge in [0.15, 0.2) is 0 Å². The van der Waals surface area contributed by atoms with Crippen LogP contribution in [0.2, 0.25) is 0 Å². The predicted molar refractivity (Wildman–Crippen MR) is 144 cm³/mol. The van der Waals surface area contributed by atoms with Gasteiger partial charge in [0.1, 0.15) is 23.0 Å². The first-order valence-corrected chi connectivity index (χ1v) is 12.4. The monoisotopic (exact) mass is 548 g/mol. The number of ketones is 1. The molecule has 2 atom stereocenters. The third-order valence-electron chi connectivity index (χ3n) is 6.58. The Hall–Kier alpha value is -3.96. The number of allylic oxidation sites excluding steroid dienone is 3. The zero-order chi connectivity index (χ0) is 28.9. The summed E-state index contributed by atoms with van der Waals surface area (Å²) in [6.07, 6.45) is -1.28. The van der Waals surface area contributed by atoms with Gasteiger partial charge < -0.3 is 16.4 Å². The maximum Gasteiger partial charge on any atom is 0.454 e. The minimum Gasteiger partial charge on any atom is -0.383 e. The number of rotatable bonds is 8. The molecule has 1 aliphatic rings. The van der Waals surface area contributed by atoms with E-state index in [2.05, 4.69) is 27.5 Å². The first kappa shape index (κ1) is 29.6. The van der Waals surface area contributed by atoms with Crippen LogP contribution in [-0.2, 0) is 11.8 Å². The molecule has 1 heterocycles. The molecule has 8 nitrogen and oxygen atoms in total. The van der Waals surface area contributed by atoms with Crippen LogP contribution >= 0.6 is 0 Å². The average Bonchev–Trinajstić information content (AvgIpc) is 3.28. The Morgan fingerprint density at radius 3 is 2.49 bits per heavy atom. The fourth-order valence-corrected chi connectivity index (χ4v) is 4.23. The van der Waals surface area contributed by atoms with Gasteiger partial charge in [-0.05, 0) is 56.4 Å². The van der Waals surface area contributed by atoms with Crippen molar-refractivity contribution in [3.8, 4) is 0 Å². The van der Waals surface area contributed by atoms with Crippen molar-refractivity contribution in [1.29, 1.82) is 0 Å². The van der Waals surface area contributed by atoms with E-state index in [1.54, 1.807) is 37.4 Å². The average molecular weight is 549 g/mol. The van der Waals surface area contributed by atoms with Crippen LogP contribution in [0, 0.1) is 5.92 Å². The quantitative estimate of drug-likeness (QED) is 0.138. The number of benzene rings is 1. The molecule has 4 N–H and O–H groups in total. The number of halogens is 4. The number of nitrogen functional groups attached to an aromatic ring is 1. The van der Waals surface area contributed by atoms with Gasteiger partial charge in [-0.2, -0.15) is 18.2 Å². The third-order valence-corrected chi connectivity index (χ3v) is 6.58. The summed E-state index contributed by atoms with van der Waals surface area (Å²) in [5.74, 6) is -2.87. The zero-order valence-corrected chi connectivity index (χ0v) is 22.2. The molecule has 210 valence electrons. The van der Waals surface area contributed by atoms with Crippen LogP contribution in [0.15, 0.2) is 63.2 Å². The minimum atomic E-state index is -5.19. The number of para-hydroxylation sites is 1. The number of carbonyl (C=O) groups is 1. The Labute approximate surface area is 223 Å². The lowest BCUT2D eigenvalue weighted by molar-refractivity contribution is -0.166. The lowest BCUT2D eigenvalue weighted by Crippen LogP contribution is -2.34. The Bertz CT molecular complexity index is 1360. The Morgan fingerprint density at radius 1 is 1.23 bits per heavy atom. The number of hydrogen-bond acceptors (Lipinski definition) is 6. The van der Waals surface area contributed by atoms with Crippen molar-refractivity contribution in [2.24, 2.45) is 18.0 Å². The highest BCUT2D eigenvalue weighted by Gasteiger charge is 2.40. The van der Waals surface area contributed by atoms with Gasteiger partial charge in [0.2, 0.25) is 5.95 Å². The zero-order valence-electron chi connectivity index (χ0n) is 22.2. The molecule has 0 aliphatic heterocycles. The summed E-state index contributed by atoms with van der Waals surface area (Å²) in [7, 11) is 1.56. The molecule has 1 aliphatic carbocycles. The van der Waals surface area contributed by atoms with E-state index >= 15 is 0 Å². The van der Waals surface area contributed by atoms with Gasteiger partial charge in [0.25, 0.3) is 11.3 Å². The number of carbonyl (C=O) groups excluding carboxylic acids is 1. The van der Waals surface area contributed by atoms with Crippen LogP contribution in [0.4, 0.5) is 35.0 Å². The summed E-state index contributed by atoms with van der Waals surface area (Å²) in [5, 5.41) is 6.34. The maximum atomic E-state index is 14.4. The number of nitrogens with two attached hydrogens (primary N) is 1. The van der Waals surface area contributed by atoms with Gasteiger partial charge in [0, 0.05) is 24.4 Å². The molecular formula is C27H32F4N6O2. The number of amidine groups is 1. The van der Waals surface area contributed by atoms with E-state index in [4.69, 9.17) is 5.73 Å². The molecule has 0 bridgehead atoms. The fraction of sp³-hybridized carbons (Fsp3) is 0.407. The van der Waals surface area contributed by atoms with Gasteiger partial charge in [-0.1, -0.05) is 31.5 Å². The smallest absolute Gasteiger partial charge is 0.383 e. The normalized spacial score (nSPS) is 19.1. The topological polar surface area (TPSA) is 114 Å². The second-order valence-electron chi connectivity index (χ2n) is 9.67. The summed E-state index contributed by atoms with van der Waals surface area (Å²) < 4.78 is 53.7. The van der Waals surface area contributed by atoms with Crippen molar-refractivity contribution >= 4 is 29.1 Å². The fourth-order valence-electron chi connectivity index (χ4n) is 4.23. The van der Waals surface area contributed by atoms with Crippen molar-refractivity contribution in [3.63, 3.8) is 0 Å². The molecule has 1 aromatic heterocycles. The predicted octanol–water partition coefficient (Wildman–Crippen LogP) is 5.14. The summed E-state index contributed by atoms with van der Waals surface area (Å²) >= 11 is 0. The molecule has 12 heteroatoms. The molecule has 0 saturated heterocycles. The van der Waals surface area contributed by atoms with E-state index in [1.807, 2.05) is 0 Å². The molecule has 1 saturated carbocycles. The standard InChI is InChI=1S/C27H32F4N6O2/c1-15(13-19(28)17(3)22(38)27(29,30)31)14-33-24(34-18-10-6-5-7-11-18)21-23(32)36-26(37(4)25(21)39)35-20-12-8-9-16(20)2/h5-7,10-11,13,16,20H,8-9,12,14,32H2,1-4H3,(H,33,34)(H,35,36). The van der Waals surface area contributed by atoms with Crippen LogP contribution in [0.3, 0.4) is 0 Å². The first-order valence-electron chi connectivity index (χ1n) is 12.4. The molecule has 1 fully saturated rings. The van der Waals surface area contributed by atoms with E-state index in [-0.39, 0.29) is 35.4 Å². The van der Waals surface area contributed by atoms with Crippen LogP contribution in [0.5, 0.6) is 0 Å². The van der Waals surface area contributed by atoms with Crippen molar-refractivity contribution in [1.82, 2.24) is 9.55 Å². The first-order chi connectivity index (χ1) is 18.3. The third kappa shape index (κ3) is 7.33. The number of aromatic nitrogens is 2. The number of hydrogen-bond donors (Lipinski definition) is 3. The largest absolute Gasteiger partial charge is 0.454 e. The number of alkyl halides is 3. The number of Topliss-reactive ketones (excluding diaryl/α,β-unsaturated/α-hetero) is 1. The van der Waals surface area contributed by atoms with Gasteiger partial charge in [-0.3, -0.25) is 19.1 Å². The van der Waals surface area contributed by atoms with Gasteiger partial charge in [-0.25, -0.2) is 4.39 Å². The van der Waals surface area contributed by atoms with E-state index in [9.17, 15) is 27.2 Å². The molecule has 0 spiro atoms. The summed E-state index contributed by atoms with van der Waals surface area (Å²) in [5.41, 5.74) is 5.48. The molecule has 0 amide bonds. The Kier molecular flexibility index (Phi) is 9.31. The second-order valence-corrected chi connectivity index (χ2v) is 9.67. The highest BCUT2D eigenvalue weighted by Crippen LogP contribution is 2.28. The number of anilines is 3. The molecule has 2 unspecified atom stereocenters. The molecule has 0 radical (unpaired) electrons. The Morgan fingerprint density at radius 2 is 1.90 bits per heavy atom. The Balaban J connectivity index is 1.99. The molecule has 3 rings (SSSR count). The van der Waals surface area contributed by atoms with Crippen molar-refractivity contribution in [3.05, 3.63) is 69.3 Å². The van der Waals surface area contributed by atoms with E-state index in [0.717, 1.165) is 32.3 Å². The van der Waals surface area contributed by atoms with Crippen molar-refractivity contribution in [2.75, 3.05) is 22.9 Å². The summed E-state index contributed by atoms with van der Waals surface area (Å²) in [6.45, 7) is 4.12. The van der Waals surface area contributed by atoms with Crippen LogP contribution in [-0.4, -0.2) is 39.9 Å². The lowest BCUT2D eigenvalue weighted by Gasteiger charge is -2.21. The number of nitrogens with one attached hydrogen (secondary N) is 2. The van der Waals surface area contributed by atoms with Gasteiger partial charge in [-0.15, -0.1) is 0 Å². The molecular weight excluding hydrogens is 516 g/mol. The van der Waals surface area contributed by atoms with Crippen LogP contribution in [0.1, 0.15) is 45.6 Å². The van der Waals surface area contributed by atoms with Crippen LogP contribution < -0.4 is 21.9 Å². The van der Waals surface area contributed by atoms with Crippen molar-refractivity contribution in [2.45, 2.75) is 52.3 Å². The second kappa shape index (κ2) is 12.3. The van der Waals surface area contributed by atoms with E-state index < -0.39 is 28.9 Å². The maximum absolute atomic E-state index is 14.4. The highest BCUT2D eigenvalue weighted by atomic mass is 19.4.